The smallest absolute Gasteiger partial charge is 0.119 e. The fourth-order valence-corrected chi connectivity index (χ4v) is 14.6. The molecule has 276 valence electrons. The fraction of sp³-hybridized carbons (Fsp3) is 0.362. The molecule has 5 aromatic rings. The summed E-state index contributed by atoms with van der Waals surface area (Å²) in [5.74, 6) is 2.63. The maximum Gasteiger partial charge on any atom is 0.119 e. The minimum atomic E-state index is -0.773. The maximum absolute atomic E-state index is 6.61. The van der Waals surface area contributed by atoms with Gasteiger partial charge >= 0.3 is 0 Å². The minimum Gasteiger partial charge on any atom is -0.497 e. The van der Waals surface area contributed by atoms with Crippen LogP contribution in [0, 0.1) is 0 Å². The molecule has 0 aliphatic heterocycles. The molecule has 2 saturated carbocycles. The normalized spacial score (nSPS) is 15.4. The van der Waals surface area contributed by atoms with Crippen LogP contribution in [0.4, 0.5) is 5.69 Å². The lowest BCUT2D eigenvalue weighted by atomic mass is 9.99. The van der Waals surface area contributed by atoms with Crippen molar-refractivity contribution in [3.63, 3.8) is 0 Å². The first-order chi connectivity index (χ1) is 26.0. The van der Waals surface area contributed by atoms with E-state index < -0.39 is 7.92 Å². The van der Waals surface area contributed by atoms with Gasteiger partial charge in [-0.3, -0.25) is 0 Å². The zero-order valence-electron chi connectivity index (χ0n) is 32.0. The first kappa shape index (κ1) is 37.5. The van der Waals surface area contributed by atoms with Crippen molar-refractivity contribution in [2.75, 3.05) is 33.2 Å². The van der Waals surface area contributed by atoms with Crippen LogP contribution in [0.15, 0.2) is 115 Å². The second kappa shape index (κ2) is 18.0. The molecule has 0 radical (unpaired) electrons. The Morgan fingerprint density at radius 2 is 1.04 bits per heavy atom. The van der Waals surface area contributed by atoms with Gasteiger partial charge in [-0.25, -0.2) is 0 Å². The molecule has 0 saturated heterocycles. The van der Waals surface area contributed by atoms with E-state index in [1.807, 2.05) is 0 Å². The van der Waals surface area contributed by atoms with E-state index in [2.05, 4.69) is 134 Å². The highest BCUT2D eigenvalue weighted by Gasteiger charge is 2.34. The molecule has 2 fully saturated rings. The van der Waals surface area contributed by atoms with Crippen molar-refractivity contribution in [2.24, 2.45) is 0 Å². The number of hydrogen-bond donors (Lipinski definition) is 0. The average Bonchev–Trinajstić information content (AvgIpc) is 3.22. The molecule has 7 rings (SSSR count). The number of ether oxygens (including phenoxy) is 3. The average molecular weight is 744 g/mol. The molecule has 0 aromatic heterocycles. The molecule has 0 spiro atoms. The van der Waals surface area contributed by atoms with Gasteiger partial charge in [-0.05, 0) is 126 Å². The van der Waals surface area contributed by atoms with Crippen LogP contribution in [-0.2, 0) is 6.61 Å². The highest BCUT2D eigenvalue weighted by molar-refractivity contribution is 7.79. The third-order valence-corrected chi connectivity index (χ3v) is 17.1. The van der Waals surface area contributed by atoms with Crippen LogP contribution in [0.1, 0.15) is 69.8 Å². The molecule has 53 heavy (non-hydrogen) atoms. The number of nitrogens with zero attached hydrogens (tertiary/aromatic N) is 1. The Morgan fingerprint density at radius 1 is 0.547 bits per heavy atom. The molecule has 2 aliphatic rings. The van der Waals surface area contributed by atoms with E-state index in [1.54, 1.807) is 19.5 Å². The van der Waals surface area contributed by atoms with Crippen LogP contribution < -0.4 is 40.3 Å². The van der Waals surface area contributed by atoms with Crippen LogP contribution >= 0.6 is 15.8 Å². The van der Waals surface area contributed by atoms with Crippen molar-refractivity contribution in [3.8, 4) is 28.4 Å². The molecule has 0 N–H and O–H groups in total. The number of anilines is 1. The number of hydrogen-bond acceptors (Lipinski definition) is 4. The molecule has 0 amide bonds. The molecule has 0 heterocycles. The van der Waals surface area contributed by atoms with Crippen LogP contribution in [0.3, 0.4) is 0 Å². The van der Waals surface area contributed by atoms with Gasteiger partial charge in [0.15, 0.2) is 0 Å². The minimum absolute atomic E-state index is 0.300. The molecule has 0 atom stereocenters. The zero-order valence-corrected chi connectivity index (χ0v) is 33.8. The van der Waals surface area contributed by atoms with E-state index in [0.29, 0.717) is 6.61 Å². The highest BCUT2D eigenvalue weighted by atomic mass is 31.1. The van der Waals surface area contributed by atoms with Crippen LogP contribution in [0.2, 0.25) is 0 Å². The molecule has 5 aromatic carbocycles. The van der Waals surface area contributed by atoms with Gasteiger partial charge in [0.1, 0.15) is 23.9 Å². The first-order valence-electron chi connectivity index (χ1n) is 19.5. The zero-order chi connectivity index (χ0) is 36.6. The van der Waals surface area contributed by atoms with Crippen LogP contribution in [0.25, 0.3) is 11.1 Å². The Morgan fingerprint density at radius 3 is 1.53 bits per heavy atom. The topological polar surface area (TPSA) is 30.9 Å². The Hall–Kier alpha value is -3.84. The quantitative estimate of drug-likeness (QED) is 0.112. The van der Waals surface area contributed by atoms with Gasteiger partial charge in [-0.1, -0.05) is 113 Å². The van der Waals surface area contributed by atoms with E-state index >= 15 is 0 Å². The standard InChI is InChI=1S/C47H55NO3P2/c1-48(2)46-18-12-11-17-44(46)45-32-19-35(33-47(45)53(39-13-7-5-8-14-39)40-15-9-6-10-16-40)34-51-38-24-30-43(31-25-38)52(41-26-20-36(49-3)21-27-41)42-28-22-37(50-4)23-29-42/h11-12,17-33,39-40H,5-10,13-16,34H2,1-4H3. The third-order valence-electron chi connectivity index (χ3n) is 11.1. The van der Waals surface area contributed by atoms with Gasteiger partial charge in [0.2, 0.25) is 0 Å². The molecule has 0 bridgehead atoms. The summed E-state index contributed by atoms with van der Waals surface area (Å²) in [5.41, 5.74) is 7.01. The predicted octanol–water partition coefficient (Wildman–Crippen LogP) is 10.5. The van der Waals surface area contributed by atoms with E-state index in [9.17, 15) is 0 Å². The summed E-state index contributed by atoms with van der Waals surface area (Å²) >= 11 is 0. The van der Waals surface area contributed by atoms with E-state index in [-0.39, 0.29) is 7.92 Å². The number of para-hydroxylation sites is 1. The Balaban J connectivity index is 1.19. The molecular formula is C47H55NO3P2. The maximum atomic E-state index is 6.61. The van der Waals surface area contributed by atoms with E-state index in [0.717, 1.165) is 28.6 Å². The lowest BCUT2D eigenvalue weighted by molar-refractivity contribution is 0.306. The Bertz CT molecular complexity index is 1830. The van der Waals surface area contributed by atoms with Crippen molar-refractivity contribution in [1.82, 2.24) is 0 Å². The third kappa shape index (κ3) is 8.94. The van der Waals surface area contributed by atoms with Gasteiger partial charge in [0, 0.05) is 25.3 Å². The highest BCUT2D eigenvalue weighted by Crippen LogP contribution is 2.56. The summed E-state index contributed by atoms with van der Waals surface area (Å²) in [6.07, 6.45) is 13.9. The van der Waals surface area contributed by atoms with Gasteiger partial charge in [0.05, 0.1) is 14.2 Å². The number of methoxy groups -OCH3 is 2. The summed E-state index contributed by atoms with van der Waals surface area (Å²) in [6.45, 7) is 0.562. The molecular weight excluding hydrogens is 688 g/mol. The lowest BCUT2D eigenvalue weighted by Crippen LogP contribution is -2.27. The first-order valence-corrected chi connectivity index (χ1v) is 22.3. The van der Waals surface area contributed by atoms with Gasteiger partial charge in [-0.2, -0.15) is 0 Å². The Kier molecular flexibility index (Phi) is 12.7. The summed E-state index contributed by atoms with van der Waals surface area (Å²) < 4.78 is 17.5. The summed E-state index contributed by atoms with van der Waals surface area (Å²) in [7, 11) is 6.71. The van der Waals surface area contributed by atoms with Crippen molar-refractivity contribution >= 4 is 42.7 Å². The summed E-state index contributed by atoms with van der Waals surface area (Å²) in [5, 5.41) is 5.44. The molecule has 4 nitrogen and oxygen atoms in total. The Labute approximate surface area is 320 Å². The summed E-state index contributed by atoms with van der Waals surface area (Å²) in [4.78, 5) is 2.28. The van der Waals surface area contributed by atoms with Gasteiger partial charge < -0.3 is 19.1 Å². The monoisotopic (exact) mass is 743 g/mol. The number of rotatable bonds is 13. The molecule has 6 heteroatoms. The van der Waals surface area contributed by atoms with Crippen molar-refractivity contribution in [2.45, 2.75) is 82.1 Å². The second-order valence-electron chi connectivity index (χ2n) is 14.8. The van der Waals surface area contributed by atoms with Crippen molar-refractivity contribution < 1.29 is 14.2 Å². The lowest BCUT2D eigenvalue weighted by Gasteiger charge is -2.40. The summed E-state index contributed by atoms with van der Waals surface area (Å²) in [6, 6.07) is 42.1. The number of benzene rings is 5. The SMILES string of the molecule is COc1ccc(P(c2ccc(OC)cc2)c2ccc(OCc3ccc(-c4ccccc4N(C)C)c(P(C4CCCCC4)C4CCCCC4)c3)cc2)cc1. The molecule has 0 unspecified atom stereocenters. The predicted molar refractivity (Wildman–Crippen MR) is 229 cm³/mol. The van der Waals surface area contributed by atoms with Crippen LogP contribution in [-0.4, -0.2) is 39.6 Å². The van der Waals surface area contributed by atoms with Gasteiger partial charge in [-0.15, -0.1) is 0 Å². The molecule has 2 aliphatic carbocycles. The second-order valence-corrected chi connectivity index (χ2v) is 19.7. The van der Waals surface area contributed by atoms with E-state index in [4.69, 9.17) is 14.2 Å². The van der Waals surface area contributed by atoms with Gasteiger partial charge in [0.25, 0.3) is 0 Å². The largest absolute Gasteiger partial charge is 0.497 e. The van der Waals surface area contributed by atoms with E-state index in [1.165, 1.54) is 102 Å². The van der Waals surface area contributed by atoms with Crippen molar-refractivity contribution in [3.05, 3.63) is 121 Å². The van der Waals surface area contributed by atoms with Crippen LogP contribution in [0.5, 0.6) is 17.2 Å². The van der Waals surface area contributed by atoms with Crippen molar-refractivity contribution in [1.29, 1.82) is 0 Å². The fourth-order valence-electron chi connectivity index (χ4n) is 8.38.